The summed E-state index contributed by atoms with van der Waals surface area (Å²) in [5.41, 5.74) is 7.37. The van der Waals surface area contributed by atoms with Crippen LogP contribution in [0, 0.1) is 0 Å². The number of benzene rings is 1. The third kappa shape index (κ3) is 2.11. The Labute approximate surface area is 97.8 Å². The summed E-state index contributed by atoms with van der Waals surface area (Å²) in [4.78, 5) is 0. The first-order chi connectivity index (χ1) is 7.15. The molecule has 0 heterocycles. The average Bonchev–Trinajstić information content (AvgIpc) is 2.14. The number of hydrogen-bond donors (Lipinski definition) is 3. The highest BCUT2D eigenvalue weighted by Crippen LogP contribution is 2.36. The van der Waals surface area contributed by atoms with Crippen LogP contribution < -0.4 is 11.1 Å². The molecule has 4 N–H and O–H groups in total. The van der Waals surface area contributed by atoms with E-state index in [1.807, 2.05) is 18.2 Å². The standard InChI is InChI=1S/C11H15BrN2O/c12-8-2-3-10(9(13)6-8)14-11(7-15)4-1-5-11/h2-3,6,14-15H,1,4-5,7,13H2. The maximum absolute atomic E-state index is 9.33. The lowest BCUT2D eigenvalue weighted by atomic mass is 9.77. The number of aliphatic hydroxyl groups is 1. The van der Waals surface area contributed by atoms with Gasteiger partial charge >= 0.3 is 0 Å². The molecule has 0 saturated heterocycles. The maximum Gasteiger partial charge on any atom is 0.0661 e. The number of nitrogen functional groups attached to an aromatic ring is 1. The van der Waals surface area contributed by atoms with E-state index in [9.17, 15) is 5.11 Å². The normalized spacial score (nSPS) is 18.3. The van der Waals surface area contributed by atoms with E-state index in [1.54, 1.807) is 0 Å². The Morgan fingerprint density at radius 2 is 2.20 bits per heavy atom. The Morgan fingerprint density at radius 3 is 2.67 bits per heavy atom. The van der Waals surface area contributed by atoms with Crippen LogP contribution in [0.4, 0.5) is 11.4 Å². The van der Waals surface area contributed by atoms with E-state index in [2.05, 4.69) is 21.2 Å². The maximum atomic E-state index is 9.33. The smallest absolute Gasteiger partial charge is 0.0661 e. The number of anilines is 2. The van der Waals surface area contributed by atoms with Gasteiger partial charge in [-0.15, -0.1) is 0 Å². The predicted molar refractivity (Wildman–Crippen MR) is 65.8 cm³/mol. The van der Waals surface area contributed by atoms with Gasteiger partial charge in [0, 0.05) is 4.47 Å². The molecule has 0 amide bonds. The summed E-state index contributed by atoms with van der Waals surface area (Å²) in [6, 6.07) is 5.75. The quantitative estimate of drug-likeness (QED) is 0.740. The lowest BCUT2D eigenvalue weighted by Crippen LogP contribution is -2.48. The van der Waals surface area contributed by atoms with Crippen molar-refractivity contribution >= 4 is 27.3 Å². The summed E-state index contributed by atoms with van der Waals surface area (Å²) in [6.45, 7) is 0.169. The van der Waals surface area contributed by atoms with Crippen molar-refractivity contribution in [1.82, 2.24) is 0 Å². The minimum atomic E-state index is -0.137. The fourth-order valence-corrected chi connectivity index (χ4v) is 2.24. The van der Waals surface area contributed by atoms with Crippen molar-refractivity contribution < 1.29 is 5.11 Å². The van der Waals surface area contributed by atoms with Crippen LogP contribution in [0.15, 0.2) is 22.7 Å². The number of rotatable bonds is 3. The van der Waals surface area contributed by atoms with Crippen molar-refractivity contribution in [2.75, 3.05) is 17.7 Å². The summed E-state index contributed by atoms with van der Waals surface area (Å²) in [5, 5.41) is 12.7. The van der Waals surface area contributed by atoms with Gasteiger partial charge in [0.05, 0.1) is 23.5 Å². The fraction of sp³-hybridized carbons (Fsp3) is 0.455. The highest BCUT2D eigenvalue weighted by Gasteiger charge is 2.36. The summed E-state index contributed by atoms with van der Waals surface area (Å²) in [7, 11) is 0. The number of aliphatic hydroxyl groups excluding tert-OH is 1. The predicted octanol–water partition coefficient (Wildman–Crippen LogP) is 2.36. The van der Waals surface area contributed by atoms with Crippen LogP contribution in [0.5, 0.6) is 0 Å². The van der Waals surface area contributed by atoms with Crippen molar-refractivity contribution in [3.05, 3.63) is 22.7 Å². The zero-order valence-corrected chi connectivity index (χ0v) is 10.0. The molecule has 1 saturated carbocycles. The van der Waals surface area contributed by atoms with Crippen molar-refractivity contribution in [2.45, 2.75) is 24.8 Å². The third-order valence-corrected chi connectivity index (χ3v) is 3.52. The molecule has 1 aliphatic carbocycles. The van der Waals surface area contributed by atoms with Crippen LogP contribution in [0.3, 0.4) is 0 Å². The molecule has 0 aliphatic heterocycles. The van der Waals surface area contributed by atoms with Gasteiger partial charge in [-0.25, -0.2) is 0 Å². The molecular weight excluding hydrogens is 256 g/mol. The molecule has 1 aromatic rings. The molecule has 0 spiro atoms. The second-order valence-electron chi connectivity index (χ2n) is 4.15. The van der Waals surface area contributed by atoms with Crippen molar-refractivity contribution in [3.63, 3.8) is 0 Å². The van der Waals surface area contributed by atoms with Crippen molar-refractivity contribution in [3.8, 4) is 0 Å². The number of nitrogens with two attached hydrogens (primary N) is 1. The molecule has 2 rings (SSSR count). The monoisotopic (exact) mass is 270 g/mol. The van der Waals surface area contributed by atoms with Gasteiger partial charge in [0.2, 0.25) is 0 Å². The van der Waals surface area contributed by atoms with E-state index >= 15 is 0 Å². The molecular formula is C11H15BrN2O. The fourth-order valence-electron chi connectivity index (χ4n) is 1.86. The first-order valence-electron chi connectivity index (χ1n) is 5.09. The van der Waals surface area contributed by atoms with Crippen LogP contribution in [0.2, 0.25) is 0 Å². The molecule has 15 heavy (non-hydrogen) atoms. The van der Waals surface area contributed by atoms with E-state index in [0.29, 0.717) is 5.69 Å². The molecule has 4 heteroatoms. The van der Waals surface area contributed by atoms with Gasteiger partial charge in [-0.05, 0) is 37.5 Å². The van der Waals surface area contributed by atoms with Gasteiger partial charge in [0.15, 0.2) is 0 Å². The summed E-state index contributed by atoms with van der Waals surface area (Å²) in [6.07, 6.45) is 3.20. The second-order valence-corrected chi connectivity index (χ2v) is 5.06. The lowest BCUT2D eigenvalue weighted by Gasteiger charge is -2.42. The zero-order valence-electron chi connectivity index (χ0n) is 8.46. The van der Waals surface area contributed by atoms with E-state index in [0.717, 1.165) is 23.0 Å². The Balaban J connectivity index is 2.16. The Morgan fingerprint density at radius 1 is 1.47 bits per heavy atom. The first kappa shape index (κ1) is 10.8. The van der Waals surface area contributed by atoms with Gasteiger partial charge in [-0.3, -0.25) is 0 Å². The van der Waals surface area contributed by atoms with E-state index in [4.69, 9.17) is 5.73 Å². The summed E-state index contributed by atoms with van der Waals surface area (Å²) < 4.78 is 0.970. The van der Waals surface area contributed by atoms with Gasteiger partial charge in [0.1, 0.15) is 0 Å². The molecule has 0 atom stereocenters. The van der Waals surface area contributed by atoms with Gasteiger partial charge in [0.25, 0.3) is 0 Å². The molecule has 1 aromatic carbocycles. The van der Waals surface area contributed by atoms with Gasteiger partial charge < -0.3 is 16.2 Å². The summed E-state index contributed by atoms with van der Waals surface area (Å²) >= 11 is 3.37. The molecule has 0 bridgehead atoms. The SMILES string of the molecule is Nc1cc(Br)ccc1NC1(CO)CCC1. The average molecular weight is 271 g/mol. The lowest BCUT2D eigenvalue weighted by molar-refractivity contribution is 0.144. The highest BCUT2D eigenvalue weighted by atomic mass is 79.9. The molecule has 82 valence electrons. The van der Waals surface area contributed by atoms with Crippen LogP contribution >= 0.6 is 15.9 Å². The number of halogens is 1. The molecule has 0 radical (unpaired) electrons. The minimum Gasteiger partial charge on any atom is -0.397 e. The second kappa shape index (κ2) is 4.02. The molecule has 0 unspecified atom stereocenters. The van der Waals surface area contributed by atoms with Crippen molar-refractivity contribution in [2.24, 2.45) is 0 Å². The van der Waals surface area contributed by atoms with E-state index in [-0.39, 0.29) is 12.1 Å². The minimum absolute atomic E-state index is 0.137. The topological polar surface area (TPSA) is 58.3 Å². The molecule has 1 fully saturated rings. The third-order valence-electron chi connectivity index (χ3n) is 3.03. The van der Waals surface area contributed by atoms with Crippen LogP contribution in [0.25, 0.3) is 0 Å². The molecule has 0 aromatic heterocycles. The molecule has 3 nitrogen and oxygen atoms in total. The Bertz CT molecular complexity index is 358. The number of hydrogen-bond acceptors (Lipinski definition) is 3. The first-order valence-corrected chi connectivity index (χ1v) is 5.89. The van der Waals surface area contributed by atoms with Crippen LogP contribution in [-0.4, -0.2) is 17.3 Å². The number of nitrogens with one attached hydrogen (secondary N) is 1. The Hall–Kier alpha value is -0.740. The van der Waals surface area contributed by atoms with E-state index in [1.165, 1.54) is 6.42 Å². The zero-order chi connectivity index (χ0) is 10.9. The molecule has 1 aliphatic rings. The van der Waals surface area contributed by atoms with Crippen LogP contribution in [0.1, 0.15) is 19.3 Å². The Kier molecular flexibility index (Phi) is 2.89. The summed E-state index contributed by atoms with van der Waals surface area (Å²) in [5.74, 6) is 0. The van der Waals surface area contributed by atoms with E-state index < -0.39 is 0 Å². The highest BCUT2D eigenvalue weighted by molar-refractivity contribution is 9.10. The van der Waals surface area contributed by atoms with Gasteiger partial charge in [-0.2, -0.15) is 0 Å². The largest absolute Gasteiger partial charge is 0.397 e. The van der Waals surface area contributed by atoms with Gasteiger partial charge in [-0.1, -0.05) is 15.9 Å². The van der Waals surface area contributed by atoms with Crippen molar-refractivity contribution in [1.29, 1.82) is 0 Å². The van der Waals surface area contributed by atoms with Crippen LogP contribution in [-0.2, 0) is 0 Å².